The van der Waals surface area contributed by atoms with Gasteiger partial charge in [-0.3, -0.25) is 9.69 Å². The average Bonchev–Trinajstić information content (AvgIpc) is 2.46. The highest BCUT2D eigenvalue weighted by Crippen LogP contribution is 2.19. The Morgan fingerprint density at radius 1 is 1.54 bits per heavy atom. The average molecular weight is 186 g/mol. The number of hydrogen-bond acceptors (Lipinski definition) is 4. The molecule has 0 saturated carbocycles. The van der Waals surface area contributed by atoms with Crippen LogP contribution in [0.1, 0.15) is 6.42 Å². The molecule has 0 spiro atoms. The summed E-state index contributed by atoms with van der Waals surface area (Å²) in [5, 5.41) is 0. The molecule has 1 saturated heterocycles. The van der Waals surface area contributed by atoms with Crippen LogP contribution >= 0.6 is 0 Å². The molecule has 4 nitrogen and oxygen atoms in total. The number of rotatable bonds is 2. The van der Waals surface area contributed by atoms with Gasteiger partial charge in [0, 0.05) is 12.6 Å². The van der Waals surface area contributed by atoms with E-state index >= 15 is 0 Å². The topological polar surface area (TPSA) is 32.8 Å². The van der Waals surface area contributed by atoms with Crippen LogP contribution in [0.5, 0.6) is 0 Å². The molecule has 0 radical (unpaired) electrons. The van der Waals surface area contributed by atoms with E-state index in [1.807, 2.05) is 21.1 Å². The predicted molar refractivity (Wildman–Crippen MR) is 50.5 cm³/mol. The van der Waals surface area contributed by atoms with Gasteiger partial charge in [0.25, 0.3) is 0 Å². The zero-order valence-electron chi connectivity index (χ0n) is 8.78. The van der Waals surface area contributed by atoms with Crippen molar-refractivity contribution in [1.29, 1.82) is 0 Å². The summed E-state index contributed by atoms with van der Waals surface area (Å²) in [6.45, 7) is 0.937. The third kappa shape index (κ3) is 2.19. The molecule has 4 heteroatoms. The molecule has 0 aromatic rings. The number of likely N-dealkylation sites (N-methyl/N-ethyl adjacent to an activating group) is 2. The van der Waals surface area contributed by atoms with E-state index in [1.54, 1.807) is 0 Å². The number of likely N-dealkylation sites (tertiary alicyclic amines) is 1. The Balaban J connectivity index is 2.56. The first-order valence-corrected chi connectivity index (χ1v) is 4.50. The Morgan fingerprint density at radius 3 is 2.54 bits per heavy atom. The van der Waals surface area contributed by atoms with Crippen molar-refractivity contribution in [3.63, 3.8) is 0 Å². The normalized spacial score (nSPS) is 29.6. The van der Waals surface area contributed by atoms with E-state index in [0.29, 0.717) is 6.04 Å². The van der Waals surface area contributed by atoms with Gasteiger partial charge in [-0.15, -0.1) is 0 Å². The number of carbonyl (C=O) groups excluding carboxylic acids is 1. The van der Waals surface area contributed by atoms with Crippen molar-refractivity contribution >= 4 is 5.97 Å². The van der Waals surface area contributed by atoms with Crippen LogP contribution in [0.2, 0.25) is 0 Å². The van der Waals surface area contributed by atoms with Gasteiger partial charge in [0.2, 0.25) is 0 Å². The van der Waals surface area contributed by atoms with Crippen molar-refractivity contribution in [1.82, 2.24) is 9.80 Å². The van der Waals surface area contributed by atoms with Gasteiger partial charge in [-0.2, -0.15) is 0 Å². The zero-order chi connectivity index (χ0) is 10.0. The van der Waals surface area contributed by atoms with Gasteiger partial charge in [-0.05, 0) is 27.6 Å². The predicted octanol–water partition coefficient (Wildman–Crippen LogP) is -0.206. The first kappa shape index (κ1) is 10.5. The van der Waals surface area contributed by atoms with Crippen LogP contribution in [0.15, 0.2) is 0 Å². The van der Waals surface area contributed by atoms with Gasteiger partial charge in [0.15, 0.2) is 0 Å². The Hall–Kier alpha value is -0.610. The fourth-order valence-corrected chi connectivity index (χ4v) is 1.76. The quantitative estimate of drug-likeness (QED) is 0.559. The van der Waals surface area contributed by atoms with Crippen molar-refractivity contribution < 1.29 is 9.53 Å². The first-order chi connectivity index (χ1) is 6.06. The lowest BCUT2D eigenvalue weighted by atomic mass is 10.1. The molecule has 1 aliphatic heterocycles. The van der Waals surface area contributed by atoms with Crippen LogP contribution in [-0.2, 0) is 9.53 Å². The molecular weight excluding hydrogens is 168 g/mol. The SMILES string of the molecule is COC(=O)[C@@H]1CC(N(C)C)CN1C. The smallest absolute Gasteiger partial charge is 0.323 e. The van der Waals surface area contributed by atoms with E-state index in [4.69, 9.17) is 4.74 Å². The van der Waals surface area contributed by atoms with Crippen LogP contribution < -0.4 is 0 Å². The largest absolute Gasteiger partial charge is 0.468 e. The second-order valence-corrected chi connectivity index (χ2v) is 3.83. The van der Waals surface area contributed by atoms with E-state index in [0.717, 1.165) is 13.0 Å². The molecular formula is C9H18N2O2. The summed E-state index contributed by atoms with van der Waals surface area (Å²) < 4.78 is 4.73. The third-order valence-electron chi connectivity index (χ3n) is 2.73. The molecule has 0 N–H and O–H groups in total. The molecule has 1 aliphatic rings. The minimum absolute atomic E-state index is 0.0580. The van der Waals surface area contributed by atoms with Crippen molar-refractivity contribution in [3.05, 3.63) is 0 Å². The number of carbonyl (C=O) groups is 1. The van der Waals surface area contributed by atoms with Gasteiger partial charge in [0.1, 0.15) is 6.04 Å². The van der Waals surface area contributed by atoms with Crippen LogP contribution in [0.3, 0.4) is 0 Å². The Labute approximate surface area is 79.4 Å². The lowest BCUT2D eigenvalue weighted by Crippen LogP contribution is -2.33. The van der Waals surface area contributed by atoms with E-state index in [9.17, 15) is 4.79 Å². The Morgan fingerprint density at radius 2 is 2.15 bits per heavy atom. The fraction of sp³-hybridized carbons (Fsp3) is 0.889. The van der Waals surface area contributed by atoms with Gasteiger partial charge in [-0.25, -0.2) is 0 Å². The first-order valence-electron chi connectivity index (χ1n) is 4.50. The molecule has 0 amide bonds. The summed E-state index contributed by atoms with van der Waals surface area (Å²) in [6.07, 6.45) is 0.871. The molecule has 1 fully saturated rings. The molecule has 2 atom stereocenters. The van der Waals surface area contributed by atoms with Crippen LogP contribution in [0.4, 0.5) is 0 Å². The van der Waals surface area contributed by atoms with Gasteiger partial charge < -0.3 is 9.64 Å². The van der Waals surface area contributed by atoms with Crippen LogP contribution in [0, 0.1) is 0 Å². The maximum Gasteiger partial charge on any atom is 0.323 e. The summed E-state index contributed by atoms with van der Waals surface area (Å²) >= 11 is 0. The van der Waals surface area contributed by atoms with Crippen molar-refractivity contribution in [3.8, 4) is 0 Å². The third-order valence-corrected chi connectivity index (χ3v) is 2.73. The molecule has 76 valence electrons. The van der Waals surface area contributed by atoms with Crippen LogP contribution in [-0.4, -0.2) is 62.7 Å². The Bertz CT molecular complexity index is 194. The summed E-state index contributed by atoms with van der Waals surface area (Å²) in [5.41, 5.74) is 0. The monoisotopic (exact) mass is 186 g/mol. The van der Waals surface area contributed by atoms with E-state index in [1.165, 1.54) is 7.11 Å². The summed E-state index contributed by atoms with van der Waals surface area (Å²) in [6, 6.07) is 0.409. The minimum Gasteiger partial charge on any atom is -0.468 e. The number of methoxy groups -OCH3 is 1. The zero-order valence-corrected chi connectivity index (χ0v) is 8.78. The highest BCUT2D eigenvalue weighted by molar-refractivity contribution is 5.76. The van der Waals surface area contributed by atoms with Crippen molar-refractivity contribution in [2.45, 2.75) is 18.5 Å². The number of hydrogen-bond donors (Lipinski definition) is 0. The standard InChI is InChI=1S/C9H18N2O2/c1-10(2)7-5-8(9(12)13-4)11(3)6-7/h7-8H,5-6H2,1-4H3/t7?,8-/m0/s1. The van der Waals surface area contributed by atoms with E-state index < -0.39 is 0 Å². The number of ether oxygens (including phenoxy) is 1. The van der Waals surface area contributed by atoms with Gasteiger partial charge in [-0.1, -0.05) is 0 Å². The molecule has 1 heterocycles. The lowest BCUT2D eigenvalue weighted by molar-refractivity contribution is -0.145. The van der Waals surface area contributed by atoms with Crippen LogP contribution in [0.25, 0.3) is 0 Å². The lowest BCUT2D eigenvalue weighted by Gasteiger charge is -2.17. The second-order valence-electron chi connectivity index (χ2n) is 3.83. The molecule has 0 aromatic carbocycles. The molecule has 1 rings (SSSR count). The molecule has 0 bridgehead atoms. The summed E-state index contributed by atoms with van der Waals surface area (Å²) in [4.78, 5) is 15.5. The summed E-state index contributed by atoms with van der Waals surface area (Å²) in [7, 11) is 7.49. The minimum atomic E-state index is -0.119. The fourth-order valence-electron chi connectivity index (χ4n) is 1.76. The van der Waals surface area contributed by atoms with E-state index in [-0.39, 0.29) is 12.0 Å². The maximum absolute atomic E-state index is 11.3. The molecule has 13 heavy (non-hydrogen) atoms. The molecule has 1 unspecified atom stereocenters. The second kappa shape index (κ2) is 4.07. The molecule has 0 aliphatic carbocycles. The number of esters is 1. The Kier molecular flexibility index (Phi) is 3.27. The van der Waals surface area contributed by atoms with E-state index in [2.05, 4.69) is 9.80 Å². The van der Waals surface area contributed by atoms with Gasteiger partial charge in [0.05, 0.1) is 7.11 Å². The maximum atomic E-state index is 11.3. The van der Waals surface area contributed by atoms with Crippen molar-refractivity contribution in [2.75, 3.05) is 34.8 Å². The van der Waals surface area contributed by atoms with Crippen molar-refractivity contribution in [2.24, 2.45) is 0 Å². The summed E-state index contributed by atoms with van der Waals surface area (Å²) in [5.74, 6) is -0.119. The number of nitrogens with zero attached hydrogens (tertiary/aromatic N) is 2. The highest BCUT2D eigenvalue weighted by atomic mass is 16.5. The van der Waals surface area contributed by atoms with Gasteiger partial charge >= 0.3 is 5.97 Å². The molecule has 0 aromatic heterocycles. The highest BCUT2D eigenvalue weighted by Gasteiger charge is 2.35.